The van der Waals surface area contributed by atoms with Crippen LogP contribution in [0.15, 0.2) is 24.3 Å². The van der Waals surface area contributed by atoms with Crippen LogP contribution in [0.5, 0.6) is 0 Å². The molecule has 1 aliphatic rings. The Morgan fingerprint density at radius 1 is 0.448 bits per heavy atom. The fraction of sp³-hybridized carbons (Fsp3) is 0.895. The van der Waals surface area contributed by atoms with Gasteiger partial charge in [0.15, 0.2) is 12.4 Å². The molecule has 0 aromatic heterocycles. The molecule has 10 heteroatoms. The van der Waals surface area contributed by atoms with Crippen LogP contribution < -0.4 is 0 Å². The van der Waals surface area contributed by atoms with Crippen LogP contribution in [0.1, 0.15) is 271 Å². The van der Waals surface area contributed by atoms with Gasteiger partial charge in [0, 0.05) is 12.8 Å². The van der Waals surface area contributed by atoms with Gasteiger partial charge in [-0.3, -0.25) is 9.59 Å². The molecule has 0 amide bonds. The van der Waals surface area contributed by atoms with E-state index in [4.69, 9.17) is 18.9 Å². The predicted molar refractivity (Wildman–Crippen MR) is 275 cm³/mol. The molecular formula is C57H106O10. The molecule has 1 rings (SSSR count). The van der Waals surface area contributed by atoms with E-state index in [1.165, 1.54) is 199 Å². The first-order valence-electron chi connectivity index (χ1n) is 28.4. The van der Waals surface area contributed by atoms with Gasteiger partial charge in [0.05, 0.1) is 13.2 Å². The van der Waals surface area contributed by atoms with E-state index in [1.54, 1.807) is 0 Å². The van der Waals surface area contributed by atoms with E-state index in [1.807, 2.05) is 0 Å². The number of hydrogen-bond donors (Lipinski definition) is 4. The average molecular weight is 951 g/mol. The van der Waals surface area contributed by atoms with Crippen molar-refractivity contribution in [3.63, 3.8) is 0 Å². The molecule has 0 aromatic rings. The van der Waals surface area contributed by atoms with Gasteiger partial charge in [0.2, 0.25) is 0 Å². The Kier molecular flexibility index (Phi) is 45.1. The minimum atomic E-state index is -1.59. The highest BCUT2D eigenvalue weighted by molar-refractivity contribution is 5.70. The van der Waals surface area contributed by atoms with Crippen molar-refractivity contribution in [3.8, 4) is 0 Å². The Labute approximate surface area is 411 Å². The first-order chi connectivity index (χ1) is 32.8. The fourth-order valence-corrected chi connectivity index (χ4v) is 8.83. The van der Waals surface area contributed by atoms with Gasteiger partial charge in [-0.1, -0.05) is 218 Å². The van der Waals surface area contributed by atoms with Gasteiger partial charge in [0.1, 0.15) is 31.0 Å². The van der Waals surface area contributed by atoms with Crippen LogP contribution in [0.3, 0.4) is 0 Å². The molecule has 1 fully saturated rings. The molecule has 0 spiro atoms. The zero-order valence-electron chi connectivity index (χ0n) is 43.4. The molecule has 10 nitrogen and oxygen atoms in total. The molecule has 1 aliphatic heterocycles. The largest absolute Gasteiger partial charge is 0.462 e. The van der Waals surface area contributed by atoms with Crippen molar-refractivity contribution in [1.29, 1.82) is 0 Å². The highest BCUT2D eigenvalue weighted by Crippen LogP contribution is 2.23. The summed E-state index contributed by atoms with van der Waals surface area (Å²) in [7, 11) is 0. The maximum absolute atomic E-state index is 12.9. The first kappa shape index (κ1) is 63.2. The number of aliphatic hydroxyl groups excluding tert-OH is 4. The second kappa shape index (κ2) is 47.8. The van der Waals surface area contributed by atoms with Gasteiger partial charge in [-0.15, -0.1) is 0 Å². The fourth-order valence-electron chi connectivity index (χ4n) is 8.83. The SMILES string of the molecule is CCCCCCCC/C=C\CCCCCCCCCCCC(=O)OCC(COC1OC(CO)C(O)C(O)C1O)OC(=O)CCCCCCCCCCCCC/C=C\CCCCCCCCCC. The number of esters is 2. The number of hydrogen-bond acceptors (Lipinski definition) is 10. The van der Waals surface area contributed by atoms with Crippen molar-refractivity contribution in [2.45, 2.75) is 307 Å². The van der Waals surface area contributed by atoms with Crippen molar-refractivity contribution >= 4 is 11.9 Å². The Morgan fingerprint density at radius 3 is 1.16 bits per heavy atom. The van der Waals surface area contributed by atoms with Crippen molar-refractivity contribution < 1.29 is 49.0 Å². The minimum Gasteiger partial charge on any atom is -0.462 e. The maximum Gasteiger partial charge on any atom is 0.306 e. The molecular weight excluding hydrogens is 845 g/mol. The molecule has 0 aliphatic carbocycles. The standard InChI is InChI=1S/C57H106O10/c1-3-5-7-9-11-13-15-17-19-21-23-24-25-26-28-30-32-34-36-38-40-42-44-46-53(60)66-50(49-65-57-56(63)55(62)54(61)51(47-58)67-57)48-64-52(59)45-43-41-39-37-35-33-31-29-27-22-20-18-16-14-12-10-8-6-4-2/h18,20-21,23,50-51,54-58,61-63H,3-17,19,22,24-49H2,1-2H3/b20-18-,23-21-. The summed E-state index contributed by atoms with van der Waals surface area (Å²) in [6, 6.07) is 0. The zero-order chi connectivity index (χ0) is 48.7. The minimum absolute atomic E-state index is 0.215. The van der Waals surface area contributed by atoms with Crippen molar-refractivity contribution in [2.24, 2.45) is 0 Å². The number of ether oxygens (including phenoxy) is 4. The number of carbonyl (C=O) groups is 2. The van der Waals surface area contributed by atoms with E-state index in [2.05, 4.69) is 38.2 Å². The van der Waals surface area contributed by atoms with Crippen molar-refractivity contribution in [1.82, 2.24) is 0 Å². The molecule has 0 bridgehead atoms. The summed E-state index contributed by atoms with van der Waals surface area (Å²) in [6.45, 7) is 3.47. The molecule has 67 heavy (non-hydrogen) atoms. The summed E-state index contributed by atoms with van der Waals surface area (Å²) in [6.07, 6.45) is 49.0. The van der Waals surface area contributed by atoms with Crippen LogP contribution in [0.4, 0.5) is 0 Å². The van der Waals surface area contributed by atoms with Crippen LogP contribution in [-0.4, -0.2) is 89.0 Å². The molecule has 0 aromatic carbocycles. The molecule has 394 valence electrons. The number of aliphatic hydroxyl groups is 4. The summed E-state index contributed by atoms with van der Waals surface area (Å²) in [5.41, 5.74) is 0. The quantitative estimate of drug-likeness (QED) is 0.0263. The van der Waals surface area contributed by atoms with E-state index >= 15 is 0 Å². The summed E-state index contributed by atoms with van der Waals surface area (Å²) in [4.78, 5) is 25.5. The van der Waals surface area contributed by atoms with Crippen molar-refractivity contribution in [2.75, 3.05) is 19.8 Å². The van der Waals surface area contributed by atoms with Gasteiger partial charge < -0.3 is 39.4 Å². The van der Waals surface area contributed by atoms with Gasteiger partial charge in [0.25, 0.3) is 0 Å². The van der Waals surface area contributed by atoms with Crippen LogP contribution in [0.2, 0.25) is 0 Å². The van der Waals surface area contributed by atoms with E-state index < -0.39 is 49.4 Å². The van der Waals surface area contributed by atoms with Crippen LogP contribution >= 0.6 is 0 Å². The topological polar surface area (TPSA) is 152 Å². The van der Waals surface area contributed by atoms with Crippen molar-refractivity contribution in [3.05, 3.63) is 24.3 Å². The average Bonchev–Trinajstić information content (AvgIpc) is 3.33. The van der Waals surface area contributed by atoms with Crippen LogP contribution in [0.25, 0.3) is 0 Å². The molecule has 4 N–H and O–H groups in total. The highest BCUT2D eigenvalue weighted by atomic mass is 16.7. The number of unbranched alkanes of at least 4 members (excludes halogenated alkanes) is 34. The smallest absolute Gasteiger partial charge is 0.306 e. The lowest BCUT2D eigenvalue weighted by Gasteiger charge is -2.39. The van der Waals surface area contributed by atoms with E-state index in [9.17, 15) is 30.0 Å². The van der Waals surface area contributed by atoms with Crippen LogP contribution in [0, 0.1) is 0 Å². The summed E-state index contributed by atoms with van der Waals surface area (Å²) in [5, 5.41) is 40.3. The number of allylic oxidation sites excluding steroid dienone is 4. The van der Waals surface area contributed by atoms with Gasteiger partial charge in [-0.05, 0) is 64.2 Å². The molecule has 1 saturated heterocycles. The monoisotopic (exact) mass is 951 g/mol. The second-order valence-corrected chi connectivity index (χ2v) is 19.7. The van der Waals surface area contributed by atoms with Gasteiger partial charge in [-0.2, -0.15) is 0 Å². The Balaban J connectivity index is 2.21. The van der Waals surface area contributed by atoms with Gasteiger partial charge in [-0.25, -0.2) is 0 Å². The molecule has 6 atom stereocenters. The molecule has 0 radical (unpaired) electrons. The summed E-state index contributed by atoms with van der Waals surface area (Å²) in [5.74, 6) is -0.796. The molecule has 6 unspecified atom stereocenters. The lowest BCUT2D eigenvalue weighted by molar-refractivity contribution is -0.305. The third-order valence-corrected chi connectivity index (χ3v) is 13.3. The van der Waals surface area contributed by atoms with Gasteiger partial charge >= 0.3 is 11.9 Å². The first-order valence-corrected chi connectivity index (χ1v) is 28.4. The Bertz CT molecular complexity index is 1140. The second-order valence-electron chi connectivity index (χ2n) is 19.7. The number of rotatable bonds is 49. The van der Waals surface area contributed by atoms with E-state index in [-0.39, 0.29) is 32.0 Å². The summed E-state index contributed by atoms with van der Waals surface area (Å²) >= 11 is 0. The van der Waals surface area contributed by atoms with Crippen LogP contribution in [-0.2, 0) is 28.5 Å². The lowest BCUT2D eigenvalue weighted by Crippen LogP contribution is -2.59. The summed E-state index contributed by atoms with van der Waals surface area (Å²) < 4.78 is 22.3. The number of carbonyl (C=O) groups excluding carboxylic acids is 2. The third kappa shape index (κ3) is 38.6. The Hall–Kier alpha value is -1.82. The predicted octanol–water partition coefficient (Wildman–Crippen LogP) is 14.0. The highest BCUT2D eigenvalue weighted by Gasteiger charge is 2.44. The van der Waals surface area contributed by atoms with E-state index in [0.717, 1.165) is 38.5 Å². The lowest BCUT2D eigenvalue weighted by atomic mass is 9.99. The maximum atomic E-state index is 12.9. The zero-order valence-corrected chi connectivity index (χ0v) is 43.4. The normalized spacial score (nSPS) is 19.2. The Morgan fingerprint density at radius 2 is 0.791 bits per heavy atom. The third-order valence-electron chi connectivity index (χ3n) is 13.3. The van der Waals surface area contributed by atoms with E-state index in [0.29, 0.717) is 6.42 Å². The molecule has 0 saturated carbocycles. The molecule has 1 heterocycles.